The van der Waals surface area contributed by atoms with Gasteiger partial charge in [0.05, 0.1) is 5.52 Å². The molecule has 3 aromatic rings. The summed E-state index contributed by atoms with van der Waals surface area (Å²) in [5.41, 5.74) is 1.68. The summed E-state index contributed by atoms with van der Waals surface area (Å²) in [7, 11) is 0. The van der Waals surface area contributed by atoms with Crippen molar-refractivity contribution in [2.45, 2.75) is 0 Å². The number of fused-ring (bicyclic) bond motifs is 1. The largest absolute Gasteiger partial charge is 0.340 e. The predicted octanol–water partition coefficient (Wildman–Crippen LogP) is 4.68. The summed E-state index contributed by atoms with van der Waals surface area (Å²) in [6.45, 7) is 0. The van der Waals surface area contributed by atoms with Crippen molar-refractivity contribution in [2.75, 3.05) is 5.32 Å². The van der Waals surface area contributed by atoms with Crippen LogP contribution in [-0.2, 0) is 0 Å². The maximum atomic E-state index is 5.96. The van der Waals surface area contributed by atoms with Crippen LogP contribution in [0.15, 0.2) is 48.8 Å². The van der Waals surface area contributed by atoms with Crippen LogP contribution >= 0.6 is 23.2 Å². The molecule has 0 unspecified atom stereocenters. The average Bonchev–Trinajstić information content (AvgIpc) is 2.38. The zero-order valence-electron chi connectivity index (χ0n) is 9.77. The Balaban J connectivity index is 2.06. The van der Waals surface area contributed by atoms with Crippen molar-refractivity contribution in [3.8, 4) is 0 Å². The third-order valence-electron chi connectivity index (χ3n) is 2.69. The van der Waals surface area contributed by atoms with E-state index in [2.05, 4.69) is 15.3 Å². The van der Waals surface area contributed by atoms with Crippen LogP contribution in [0.4, 0.5) is 11.5 Å². The van der Waals surface area contributed by atoms with E-state index in [9.17, 15) is 0 Å². The summed E-state index contributed by atoms with van der Waals surface area (Å²) in [6, 6.07) is 13.0. The number of aromatic nitrogens is 2. The Morgan fingerprint density at radius 3 is 2.58 bits per heavy atom. The van der Waals surface area contributed by atoms with Crippen LogP contribution in [0.5, 0.6) is 0 Å². The van der Waals surface area contributed by atoms with Gasteiger partial charge in [-0.3, -0.25) is 0 Å². The highest BCUT2D eigenvalue weighted by Crippen LogP contribution is 2.26. The average molecular weight is 290 g/mol. The number of halogens is 2. The highest BCUT2D eigenvalue weighted by molar-refractivity contribution is 6.31. The molecule has 3 rings (SSSR count). The van der Waals surface area contributed by atoms with Crippen LogP contribution < -0.4 is 5.32 Å². The molecule has 94 valence electrons. The fraction of sp³-hybridized carbons (Fsp3) is 0. The fourth-order valence-corrected chi connectivity index (χ4v) is 2.19. The van der Waals surface area contributed by atoms with Crippen LogP contribution in [-0.4, -0.2) is 9.97 Å². The first-order valence-corrected chi connectivity index (χ1v) is 6.41. The molecule has 0 amide bonds. The monoisotopic (exact) mass is 289 g/mol. The Morgan fingerprint density at radius 2 is 1.74 bits per heavy atom. The van der Waals surface area contributed by atoms with Gasteiger partial charge in [0.2, 0.25) is 0 Å². The van der Waals surface area contributed by atoms with Crippen LogP contribution in [0.3, 0.4) is 0 Å². The molecule has 0 fully saturated rings. The Bertz CT molecular complexity index is 744. The third-order valence-corrected chi connectivity index (χ3v) is 3.16. The lowest BCUT2D eigenvalue weighted by atomic mass is 10.2. The molecule has 0 aliphatic heterocycles. The van der Waals surface area contributed by atoms with Gasteiger partial charge in [-0.15, -0.1) is 0 Å². The summed E-state index contributed by atoms with van der Waals surface area (Å²) in [5, 5.41) is 5.46. The van der Waals surface area contributed by atoms with Crippen molar-refractivity contribution in [3.05, 3.63) is 58.8 Å². The number of rotatable bonds is 2. The minimum Gasteiger partial charge on any atom is -0.340 e. The normalized spacial score (nSPS) is 10.6. The molecule has 1 heterocycles. The van der Waals surface area contributed by atoms with Gasteiger partial charge in [0.15, 0.2) is 0 Å². The lowest BCUT2D eigenvalue weighted by Gasteiger charge is -2.08. The Labute approximate surface area is 120 Å². The van der Waals surface area contributed by atoms with Gasteiger partial charge in [0.1, 0.15) is 12.1 Å². The SMILES string of the molecule is Clc1cccc(Nc2ncnc3cc(Cl)ccc23)c1. The van der Waals surface area contributed by atoms with Crippen LogP contribution in [0, 0.1) is 0 Å². The molecule has 0 radical (unpaired) electrons. The highest BCUT2D eigenvalue weighted by Gasteiger charge is 2.04. The number of benzene rings is 2. The summed E-state index contributed by atoms with van der Waals surface area (Å²) in [6.07, 6.45) is 1.51. The number of hydrogen-bond donors (Lipinski definition) is 1. The molecule has 0 aliphatic carbocycles. The van der Waals surface area contributed by atoms with Crippen molar-refractivity contribution >= 4 is 45.6 Å². The molecule has 5 heteroatoms. The standard InChI is InChI=1S/C14H9Cl2N3/c15-9-2-1-3-11(6-9)19-14-12-5-4-10(16)7-13(12)17-8-18-14/h1-8H,(H,17,18,19). The zero-order chi connectivity index (χ0) is 13.2. The van der Waals surface area contributed by atoms with E-state index >= 15 is 0 Å². The maximum absolute atomic E-state index is 5.96. The summed E-state index contributed by atoms with van der Waals surface area (Å²) >= 11 is 11.9. The van der Waals surface area contributed by atoms with Gasteiger partial charge in [-0.05, 0) is 36.4 Å². The Kier molecular flexibility index (Phi) is 3.23. The molecule has 1 aromatic heterocycles. The zero-order valence-corrected chi connectivity index (χ0v) is 11.3. The first kappa shape index (κ1) is 12.2. The quantitative estimate of drug-likeness (QED) is 0.744. The lowest BCUT2D eigenvalue weighted by Crippen LogP contribution is -1.95. The second-order valence-corrected chi connectivity index (χ2v) is 4.89. The molecule has 0 bridgehead atoms. The minimum absolute atomic E-state index is 0.653. The number of nitrogens with zero attached hydrogens (tertiary/aromatic N) is 2. The fourth-order valence-electron chi connectivity index (χ4n) is 1.83. The second kappa shape index (κ2) is 5.03. The van der Waals surface area contributed by atoms with Crippen molar-refractivity contribution in [2.24, 2.45) is 0 Å². The predicted molar refractivity (Wildman–Crippen MR) is 79.3 cm³/mol. The first-order chi connectivity index (χ1) is 9.22. The van der Waals surface area contributed by atoms with E-state index in [1.807, 2.05) is 42.5 Å². The van der Waals surface area contributed by atoms with Crippen LogP contribution in [0.25, 0.3) is 10.9 Å². The summed E-state index contributed by atoms with van der Waals surface area (Å²) in [4.78, 5) is 8.45. The lowest BCUT2D eigenvalue weighted by molar-refractivity contribution is 1.22. The molecular formula is C14H9Cl2N3. The topological polar surface area (TPSA) is 37.8 Å². The Morgan fingerprint density at radius 1 is 0.895 bits per heavy atom. The highest BCUT2D eigenvalue weighted by atomic mass is 35.5. The Hall–Kier alpha value is -1.84. The van der Waals surface area contributed by atoms with Gasteiger partial charge in [-0.25, -0.2) is 9.97 Å². The maximum Gasteiger partial charge on any atom is 0.141 e. The van der Waals surface area contributed by atoms with Gasteiger partial charge in [0, 0.05) is 21.1 Å². The van der Waals surface area contributed by atoms with E-state index in [0.717, 1.165) is 22.4 Å². The molecule has 0 spiro atoms. The summed E-state index contributed by atoms with van der Waals surface area (Å²) in [5.74, 6) is 0.726. The van der Waals surface area contributed by atoms with Crippen molar-refractivity contribution in [3.63, 3.8) is 0 Å². The molecule has 0 saturated carbocycles. The van der Waals surface area contributed by atoms with Crippen LogP contribution in [0.2, 0.25) is 10.0 Å². The summed E-state index contributed by atoms with van der Waals surface area (Å²) < 4.78 is 0. The molecule has 0 saturated heterocycles. The molecule has 0 atom stereocenters. The van der Waals surface area contributed by atoms with Gasteiger partial charge < -0.3 is 5.32 Å². The van der Waals surface area contributed by atoms with E-state index in [-0.39, 0.29) is 0 Å². The van der Waals surface area contributed by atoms with E-state index < -0.39 is 0 Å². The number of hydrogen-bond acceptors (Lipinski definition) is 3. The number of anilines is 2. The number of nitrogens with one attached hydrogen (secondary N) is 1. The molecule has 2 aromatic carbocycles. The van der Waals surface area contributed by atoms with Crippen molar-refractivity contribution in [1.82, 2.24) is 9.97 Å². The van der Waals surface area contributed by atoms with Gasteiger partial charge in [-0.1, -0.05) is 29.3 Å². The van der Waals surface area contributed by atoms with Crippen molar-refractivity contribution < 1.29 is 0 Å². The first-order valence-electron chi connectivity index (χ1n) is 5.65. The van der Waals surface area contributed by atoms with E-state index in [1.54, 1.807) is 0 Å². The smallest absolute Gasteiger partial charge is 0.141 e. The molecule has 3 nitrogen and oxygen atoms in total. The molecular weight excluding hydrogens is 281 g/mol. The third kappa shape index (κ3) is 2.62. The van der Waals surface area contributed by atoms with Gasteiger partial charge in [-0.2, -0.15) is 0 Å². The van der Waals surface area contributed by atoms with E-state index in [0.29, 0.717) is 10.0 Å². The van der Waals surface area contributed by atoms with Gasteiger partial charge >= 0.3 is 0 Å². The second-order valence-electron chi connectivity index (χ2n) is 4.02. The van der Waals surface area contributed by atoms with E-state index in [1.165, 1.54) is 6.33 Å². The van der Waals surface area contributed by atoms with Crippen molar-refractivity contribution in [1.29, 1.82) is 0 Å². The van der Waals surface area contributed by atoms with Gasteiger partial charge in [0.25, 0.3) is 0 Å². The van der Waals surface area contributed by atoms with E-state index in [4.69, 9.17) is 23.2 Å². The molecule has 0 aliphatic rings. The molecule has 19 heavy (non-hydrogen) atoms. The molecule has 1 N–H and O–H groups in total. The van der Waals surface area contributed by atoms with Crippen LogP contribution in [0.1, 0.15) is 0 Å². The minimum atomic E-state index is 0.653.